The number of nitrogens with one attached hydrogen (secondary N) is 1. The van der Waals surface area contributed by atoms with E-state index < -0.39 is 0 Å². The van der Waals surface area contributed by atoms with Gasteiger partial charge in [0.15, 0.2) is 0 Å². The Morgan fingerprint density at radius 3 is 3.00 bits per heavy atom. The van der Waals surface area contributed by atoms with E-state index in [4.69, 9.17) is 17.3 Å². The van der Waals surface area contributed by atoms with Crippen LogP contribution in [0.2, 0.25) is 5.02 Å². The molecule has 1 amide bonds. The van der Waals surface area contributed by atoms with Crippen LogP contribution in [0.5, 0.6) is 0 Å². The molecule has 2 aromatic rings. The van der Waals surface area contributed by atoms with Crippen LogP contribution in [0, 0.1) is 0 Å². The van der Waals surface area contributed by atoms with Crippen LogP contribution in [0.1, 0.15) is 19.8 Å². The number of hydrogen-bond acceptors (Lipinski definition) is 3. The van der Waals surface area contributed by atoms with E-state index in [0.717, 1.165) is 5.69 Å². The summed E-state index contributed by atoms with van der Waals surface area (Å²) in [5.41, 5.74) is 6.44. The SMILES string of the molecule is CC(N)CCC(=O)Nc1ccnn1-c1cccc(Cl)c1. The van der Waals surface area contributed by atoms with Crippen molar-refractivity contribution < 1.29 is 4.79 Å². The number of amides is 1. The monoisotopic (exact) mass is 292 g/mol. The first kappa shape index (κ1) is 14.6. The molecule has 20 heavy (non-hydrogen) atoms. The molecule has 0 saturated carbocycles. The van der Waals surface area contributed by atoms with Gasteiger partial charge in [0.05, 0.1) is 11.9 Å². The summed E-state index contributed by atoms with van der Waals surface area (Å²) < 4.78 is 1.63. The molecule has 0 spiro atoms. The predicted octanol–water partition coefficient (Wildman–Crippen LogP) is 2.59. The number of benzene rings is 1. The van der Waals surface area contributed by atoms with Gasteiger partial charge in [-0.1, -0.05) is 17.7 Å². The van der Waals surface area contributed by atoms with Crippen molar-refractivity contribution >= 4 is 23.3 Å². The molecule has 0 fully saturated rings. The largest absolute Gasteiger partial charge is 0.328 e. The minimum atomic E-state index is -0.0777. The van der Waals surface area contributed by atoms with Gasteiger partial charge in [-0.25, -0.2) is 4.68 Å². The van der Waals surface area contributed by atoms with Gasteiger partial charge in [0.2, 0.25) is 5.91 Å². The van der Waals surface area contributed by atoms with Gasteiger partial charge in [-0.2, -0.15) is 5.10 Å². The van der Waals surface area contributed by atoms with Crippen LogP contribution >= 0.6 is 11.6 Å². The number of carbonyl (C=O) groups is 1. The van der Waals surface area contributed by atoms with Crippen molar-refractivity contribution in [3.63, 3.8) is 0 Å². The Hall–Kier alpha value is -1.85. The smallest absolute Gasteiger partial charge is 0.225 e. The minimum absolute atomic E-state index is 0.0126. The molecule has 0 bridgehead atoms. The number of hydrogen-bond donors (Lipinski definition) is 2. The third-order valence-corrected chi connectivity index (χ3v) is 3.02. The van der Waals surface area contributed by atoms with Gasteiger partial charge in [0, 0.05) is 23.6 Å². The summed E-state index contributed by atoms with van der Waals surface area (Å²) >= 11 is 5.96. The first-order chi connectivity index (χ1) is 9.56. The molecular weight excluding hydrogens is 276 g/mol. The Balaban J connectivity index is 2.11. The second kappa shape index (κ2) is 6.54. The maximum absolute atomic E-state index is 11.8. The van der Waals surface area contributed by atoms with E-state index in [0.29, 0.717) is 23.7 Å². The highest BCUT2D eigenvalue weighted by atomic mass is 35.5. The first-order valence-electron chi connectivity index (χ1n) is 6.41. The third kappa shape index (κ3) is 3.82. The number of nitrogens with two attached hydrogens (primary N) is 1. The molecular formula is C14H17ClN4O. The highest BCUT2D eigenvalue weighted by Crippen LogP contribution is 2.18. The highest BCUT2D eigenvalue weighted by molar-refractivity contribution is 6.30. The maximum atomic E-state index is 11.8. The van der Waals surface area contributed by atoms with Crippen molar-refractivity contribution in [2.45, 2.75) is 25.8 Å². The fourth-order valence-corrected chi connectivity index (χ4v) is 1.96. The van der Waals surface area contributed by atoms with Gasteiger partial charge in [-0.15, -0.1) is 0 Å². The van der Waals surface area contributed by atoms with Crippen molar-refractivity contribution in [3.8, 4) is 5.69 Å². The van der Waals surface area contributed by atoms with E-state index in [-0.39, 0.29) is 11.9 Å². The van der Waals surface area contributed by atoms with Gasteiger partial charge in [-0.3, -0.25) is 4.79 Å². The lowest BCUT2D eigenvalue weighted by molar-refractivity contribution is -0.116. The van der Waals surface area contributed by atoms with Gasteiger partial charge < -0.3 is 11.1 Å². The van der Waals surface area contributed by atoms with Crippen LogP contribution in [-0.4, -0.2) is 21.7 Å². The quantitative estimate of drug-likeness (QED) is 0.889. The van der Waals surface area contributed by atoms with Crippen molar-refractivity contribution in [3.05, 3.63) is 41.6 Å². The van der Waals surface area contributed by atoms with Crippen LogP contribution < -0.4 is 11.1 Å². The molecule has 0 aliphatic carbocycles. The molecule has 0 aliphatic rings. The maximum Gasteiger partial charge on any atom is 0.225 e. The molecule has 1 heterocycles. The van der Waals surface area contributed by atoms with E-state index in [1.807, 2.05) is 19.1 Å². The standard InChI is InChI=1S/C14H17ClN4O/c1-10(16)5-6-14(20)18-13-7-8-17-19(13)12-4-2-3-11(15)9-12/h2-4,7-10H,5-6,16H2,1H3,(H,18,20). The van der Waals surface area contributed by atoms with Crippen LogP contribution in [0.3, 0.4) is 0 Å². The van der Waals surface area contributed by atoms with Crippen molar-refractivity contribution in [2.24, 2.45) is 5.73 Å². The van der Waals surface area contributed by atoms with E-state index in [1.165, 1.54) is 0 Å². The molecule has 1 atom stereocenters. The van der Waals surface area contributed by atoms with E-state index in [2.05, 4.69) is 10.4 Å². The molecule has 3 N–H and O–H groups in total. The minimum Gasteiger partial charge on any atom is -0.328 e. The zero-order valence-corrected chi connectivity index (χ0v) is 12.0. The summed E-state index contributed by atoms with van der Waals surface area (Å²) in [6.07, 6.45) is 2.66. The van der Waals surface area contributed by atoms with Gasteiger partial charge in [-0.05, 0) is 31.5 Å². The Labute approximate surface area is 122 Å². The van der Waals surface area contributed by atoms with Crippen molar-refractivity contribution in [2.75, 3.05) is 5.32 Å². The fourth-order valence-electron chi connectivity index (χ4n) is 1.78. The molecule has 1 aromatic carbocycles. The Morgan fingerprint density at radius 2 is 2.30 bits per heavy atom. The Morgan fingerprint density at radius 1 is 1.50 bits per heavy atom. The van der Waals surface area contributed by atoms with Crippen LogP contribution in [0.4, 0.5) is 5.82 Å². The lowest BCUT2D eigenvalue weighted by atomic mass is 10.2. The predicted molar refractivity (Wildman–Crippen MR) is 80.1 cm³/mol. The summed E-state index contributed by atoms with van der Waals surface area (Å²) in [6.45, 7) is 1.88. The lowest BCUT2D eigenvalue weighted by Gasteiger charge is -2.10. The summed E-state index contributed by atoms with van der Waals surface area (Å²) in [6, 6.07) is 9.03. The van der Waals surface area contributed by atoms with Gasteiger partial charge >= 0.3 is 0 Å². The summed E-state index contributed by atoms with van der Waals surface area (Å²) in [4.78, 5) is 11.8. The fraction of sp³-hybridized carbons (Fsp3) is 0.286. The Bertz CT molecular complexity index is 594. The van der Waals surface area contributed by atoms with E-state index in [1.54, 1.807) is 29.1 Å². The number of halogens is 1. The second-order valence-corrected chi connectivity index (χ2v) is 5.11. The second-order valence-electron chi connectivity index (χ2n) is 4.67. The van der Waals surface area contributed by atoms with Crippen LogP contribution in [-0.2, 0) is 4.79 Å². The number of rotatable bonds is 5. The molecule has 0 saturated heterocycles. The molecule has 1 unspecified atom stereocenters. The number of nitrogens with zero attached hydrogens (tertiary/aromatic N) is 2. The highest BCUT2D eigenvalue weighted by Gasteiger charge is 2.09. The zero-order chi connectivity index (χ0) is 14.5. The first-order valence-corrected chi connectivity index (χ1v) is 6.79. The van der Waals surface area contributed by atoms with Crippen molar-refractivity contribution in [1.29, 1.82) is 0 Å². The molecule has 1 aromatic heterocycles. The summed E-state index contributed by atoms with van der Waals surface area (Å²) in [5, 5.41) is 7.64. The normalized spacial score (nSPS) is 12.2. The molecule has 2 rings (SSSR count). The Kier molecular flexibility index (Phi) is 4.76. The third-order valence-electron chi connectivity index (χ3n) is 2.79. The average Bonchev–Trinajstić information content (AvgIpc) is 2.84. The number of anilines is 1. The van der Waals surface area contributed by atoms with E-state index >= 15 is 0 Å². The lowest BCUT2D eigenvalue weighted by Crippen LogP contribution is -2.20. The number of aromatic nitrogens is 2. The van der Waals surface area contributed by atoms with Gasteiger partial charge in [0.1, 0.15) is 5.82 Å². The number of carbonyl (C=O) groups excluding carboxylic acids is 1. The van der Waals surface area contributed by atoms with Crippen molar-refractivity contribution in [1.82, 2.24) is 9.78 Å². The molecule has 0 radical (unpaired) electrons. The van der Waals surface area contributed by atoms with Gasteiger partial charge in [0.25, 0.3) is 0 Å². The van der Waals surface area contributed by atoms with E-state index in [9.17, 15) is 4.79 Å². The summed E-state index contributed by atoms with van der Waals surface area (Å²) in [7, 11) is 0. The van der Waals surface area contributed by atoms with Crippen LogP contribution in [0.15, 0.2) is 36.5 Å². The molecule has 6 heteroatoms. The summed E-state index contributed by atoms with van der Waals surface area (Å²) in [5.74, 6) is 0.535. The molecule has 0 aliphatic heterocycles. The topological polar surface area (TPSA) is 72.9 Å². The average molecular weight is 293 g/mol. The van der Waals surface area contributed by atoms with Crippen LogP contribution in [0.25, 0.3) is 5.69 Å². The molecule has 106 valence electrons. The molecule has 5 nitrogen and oxygen atoms in total. The zero-order valence-electron chi connectivity index (χ0n) is 11.2.